The maximum atomic E-state index is 12.9. The summed E-state index contributed by atoms with van der Waals surface area (Å²) in [5.74, 6) is 0.730. The van der Waals surface area contributed by atoms with E-state index < -0.39 is 5.41 Å². The zero-order valence-corrected chi connectivity index (χ0v) is 17.3. The summed E-state index contributed by atoms with van der Waals surface area (Å²) >= 11 is 0. The van der Waals surface area contributed by atoms with Gasteiger partial charge in [0, 0.05) is 25.3 Å². The average Bonchev–Trinajstić information content (AvgIpc) is 2.72. The summed E-state index contributed by atoms with van der Waals surface area (Å²) in [6.45, 7) is 5.40. The van der Waals surface area contributed by atoms with Crippen molar-refractivity contribution < 1.29 is 14.3 Å². The van der Waals surface area contributed by atoms with Gasteiger partial charge in [0.05, 0.1) is 12.5 Å². The number of nitrogens with zero attached hydrogens (tertiary/aromatic N) is 1. The minimum atomic E-state index is -0.610. The van der Waals surface area contributed by atoms with Crippen LogP contribution in [0.2, 0.25) is 0 Å². The van der Waals surface area contributed by atoms with Crippen LogP contribution in [0.1, 0.15) is 30.9 Å². The summed E-state index contributed by atoms with van der Waals surface area (Å²) in [5, 5.41) is 5.97. The van der Waals surface area contributed by atoms with Crippen molar-refractivity contribution >= 4 is 17.6 Å². The number of anilines is 1. The van der Waals surface area contributed by atoms with E-state index in [-0.39, 0.29) is 11.9 Å². The molecular weight excluding hydrogens is 366 g/mol. The first-order valence-corrected chi connectivity index (χ1v) is 9.93. The summed E-state index contributed by atoms with van der Waals surface area (Å²) in [5.41, 5.74) is 2.22. The van der Waals surface area contributed by atoms with Crippen LogP contribution in [-0.4, -0.2) is 37.0 Å². The van der Waals surface area contributed by atoms with E-state index in [2.05, 4.69) is 10.6 Å². The van der Waals surface area contributed by atoms with Gasteiger partial charge in [-0.25, -0.2) is 4.79 Å². The molecule has 0 aromatic heterocycles. The normalized spacial score (nSPS) is 18.8. The quantitative estimate of drug-likeness (QED) is 0.805. The molecule has 2 aromatic rings. The molecule has 1 fully saturated rings. The Morgan fingerprint density at radius 1 is 1.17 bits per heavy atom. The monoisotopic (exact) mass is 395 g/mol. The van der Waals surface area contributed by atoms with Crippen LogP contribution >= 0.6 is 0 Å². The van der Waals surface area contributed by atoms with E-state index in [4.69, 9.17) is 4.74 Å². The molecule has 1 heterocycles. The lowest BCUT2D eigenvalue weighted by Crippen LogP contribution is -2.52. The standard InChI is InChI=1S/C23H29N3O3/c1-17-7-4-9-19(13-17)25-22(28)26-12-6-11-23(2,16-26)21(27)24-15-18-8-5-10-20(14-18)29-3/h4-5,7-10,13-14H,6,11-12,15-16H2,1-3H3,(H,24,27)(H,25,28). The number of ether oxygens (including phenoxy) is 1. The zero-order chi connectivity index (χ0) is 20.9. The zero-order valence-electron chi connectivity index (χ0n) is 17.3. The van der Waals surface area contributed by atoms with Crippen molar-refractivity contribution in [2.75, 3.05) is 25.5 Å². The van der Waals surface area contributed by atoms with Gasteiger partial charge in [-0.15, -0.1) is 0 Å². The minimum Gasteiger partial charge on any atom is -0.497 e. The van der Waals surface area contributed by atoms with E-state index >= 15 is 0 Å². The van der Waals surface area contributed by atoms with Gasteiger partial charge in [-0.1, -0.05) is 24.3 Å². The molecule has 3 rings (SSSR count). The van der Waals surface area contributed by atoms with Crippen LogP contribution < -0.4 is 15.4 Å². The minimum absolute atomic E-state index is 0.0339. The van der Waals surface area contributed by atoms with Gasteiger partial charge in [0.15, 0.2) is 0 Å². The predicted octanol–water partition coefficient (Wildman–Crippen LogP) is 3.95. The molecule has 1 unspecified atom stereocenters. The number of benzene rings is 2. The molecule has 0 spiro atoms. The van der Waals surface area contributed by atoms with E-state index in [0.29, 0.717) is 19.6 Å². The number of amides is 3. The summed E-state index contributed by atoms with van der Waals surface area (Å²) in [7, 11) is 1.62. The summed E-state index contributed by atoms with van der Waals surface area (Å²) in [6.07, 6.45) is 1.55. The van der Waals surface area contributed by atoms with Crippen molar-refractivity contribution in [1.82, 2.24) is 10.2 Å². The van der Waals surface area contributed by atoms with Gasteiger partial charge in [0.1, 0.15) is 5.75 Å². The van der Waals surface area contributed by atoms with E-state index in [1.165, 1.54) is 0 Å². The summed E-state index contributed by atoms with van der Waals surface area (Å²) < 4.78 is 5.23. The number of piperidine rings is 1. The topological polar surface area (TPSA) is 70.7 Å². The molecule has 1 aliphatic rings. The highest BCUT2D eigenvalue weighted by atomic mass is 16.5. The summed E-state index contributed by atoms with van der Waals surface area (Å²) in [6, 6.07) is 15.2. The lowest BCUT2D eigenvalue weighted by Gasteiger charge is -2.39. The Hall–Kier alpha value is -3.02. The van der Waals surface area contributed by atoms with Crippen molar-refractivity contribution in [3.8, 4) is 5.75 Å². The highest BCUT2D eigenvalue weighted by Crippen LogP contribution is 2.30. The molecule has 2 aromatic carbocycles. The third kappa shape index (κ3) is 5.28. The van der Waals surface area contributed by atoms with Crippen LogP contribution in [0.3, 0.4) is 0 Å². The van der Waals surface area contributed by atoms with Crippen LogP contribution in [0.25, 0.3) is 0 Å². The Balaban J connectivity index is 1.59. The molecular formula is C23H29N3O3. The van der Waals surface area contributed by atoms with Gasteiger partial charge in [0.2, 0.25) is 5.91 Å². The van der Waals surface area contributed by atoms with Gasteiger partial charge in [-0.3, -0.25) is 4.79 Å². The Morgan fingerprint density at radius 3 is 2.72 bits per heavy atom. The van der Waals surface area contributed by atoms with Gasteiger partial charge >= 0.3 is 6.03 Å². The molecule has 0 radical (unpaired) electrons. The van der Waals surface area contributed by atoms with E-state index in [1.54, 1.807) is 12.0 Å². The molecule has 0 bridgehead atoms. The fraction of sp³-hybridized carbons (Fsp3) is 0.391. The summed E-state index contributed by atoms with van der Waals surface area (Å²) in [4.78, 5) is 27.4. The molecule has 2 N–H and O–H groups in total. The third-order valence-corrected chi connectivity index (χ3v) is 5.39. The Bertz CT molecular complexity index is 883. The van der Waals surface area contributed by atoms with Crippen LogP contribution in [-0.2, 0) is 11.3 Å². The predicted molar refractivity (Wildman–Crippen MR) is 114 cm³/mol. The first-order chi connectivity index (χ1) is 13.9. The van der Waals surface area contributed by atoms with Crippen LogP contribution in [0.4, 0.5) is 10.5 Å². The van der Waals surface area contributed by atoms with Crippen molar-refractivity contribution in [1.29, 1.82) is 0 Å². The van der Waals surface area contributed by atoms with Gasteiger partial charge < -0.3 is 20.3 Å². The number of urea groups is 1. The van der Waals surface area contributed by atoms with Gasteiger partial charge in [0.25, 0.3) is 0 Å². The smallest absolute Gasteiger partial charge is 0.321 e. The first kappa shape index (κ1) is 20.7. The van der Waals surface area contributed by atoms with Gasteiger partial charge in [-0.05, 0) is 62.1 Å². The number of likely N-dealkylation sites (tertiary alicyclic amines) is 1. The largest absolute Gasteiger partial charge is 0.497 e. The molecule has 154 valence electrons. The van der Waals surface area contributed by atoms with Crippen LogP contribution in [0.15, 0.2) is 48.5 Å². The molecule has 1 saturated heterocycles. The maximum absolute atomic E-state index is 12.9. The highest BCUT2D eigenvalue weighted by Gasteiger charge is 2.39. The second-order valence-corrected chi connectivity index (χ2v) is 7.92. The fourth-order valence-corrected chi connectivity index (χ4v) is 3.70. The van der Waals surface area contributed by atoms with E-state index in [1.807, 2.05) is 62.4 Å². The van der Waals surface area contributed by atoms with Gasteiger partial charge in [-0.2, -0.15) is 0 Å². The van der Waals surface area contributed by atoms with Crippen molar-refractivity contribution in [3.05, 3.63) is 59.7 Å². The molecule has 1 atom stereocenters. The number of methoxy groups -OCH3 is 1. The van der Waals surface area contributed by atoms with E-state index in [0.717, 1.165) is 35.4 Å². The molecule has 29 heavy (non-hydrogen) atoms. The Kier molecular flexibility index (Phi) is 6.42. The number of hydrogen-bond acceptors (Lipinski definition) is 3. The molecule has 0 saturated carbocycles. The second-order valence-electron chi connectivity index (χ2n) is 7.92. The third-order valence-electron chi connectivity index (χ3n) is 5.39. The van der Waals surface area contributed by atoms with Crippen LogP contribution in [0.5, 0.6) is 5.75 Å². The second kappa shape index (κ2) is 8.99. The fourth-order valence-electron chi connectivity index (χ4n) is 3.70. The SMILES string of the molecule is COc1cccc(CNC(=O)C2(C)CCCN(C(=O)Nc3cccc(C)c3)C2)c1. The molecule has 0 aliphatic carbocycles. The molecule has 6 nitrogen and oxygen atoms in total. The van der Waals surface area contributed by atoms with E-state index in [9.17, 15) is 9.59 Å². The van der Waals surface area contributed by atoms with Crippen LogP contribution in [0, 0.1) is 12.3 Å². The average molecular weight is 396 g/mol. The number of hydrogen-bond donors (Lipinski definition) is 2. The maximum Gasteiger partial charge on any atom is 0.321 e. The Labute approximate surface area is 172 Å². The Morgan fingerprint density at radius 2 is 1.97 bits per heavy atom. The number of carbonyl (C=O) groups excluding carboxylic acids is 2. The lowest BCUT2D eigenvalue weighted by molar-refractivity contribution is -0.132. The molecule has 1 aliphatic heterocycles. The molecule has 6 heteroatoms. The van der Waals surface area contributed by atoms with Crippen molar-refractivity contribution in [2.45, 2.75) is 33.2 Å². The lowest BCUT2D eigenvalue weighted by atomic mass is 9.81. The van der Waals surface area contributed by atoms with Crippen molar-refractivity contribution in [3.63, 3.8) is 0 Å². The number of aryl methyl sites for hydroxylation is 1. The number of rotatable bonds is 5. The highest BCUT2D eigenvalue weighted by molar-refractivity contribution is 5.90. The molecule has 3 amide bonds. The number of nitrogens with one attached hydrogen (secondary N) is 2. The first-order valence-electron chi connectivity index (χ1n) is 9.93. The number of carbonyl (C=O) groups is 2. The van der Waals surface area contributed by atoms with Crippen molar-refractivity contribution in [2.24, 2.45) is 5.41 Å².